The molecule has 1 heterocycles. The zero-order valence-corrected chi connectivity index (χ0v) is 11.8. The quantitative estimate of drug-likeness (QED) is 0.885. The SMILES string of the molecule is CN(C)C(=O)Nc1ccccc1C(=O)N1CCOCC1. The minimum absolute atomic E-state index is 0.0806. The van der Waals surface area contributed by atoms with Gasteiger partial charge in [-0.05, 0) is 12.1 Å². The van der Waals surface area contributed by atoms with Crippen molar-refractivity contribution in [2.45, 2.75) is 0 Å². The lowest BCUT2D eigenvalue weighted by molar-refractivity contribution is 0.0303. The number of ether oxygens (including phenoxy) is 1. The third-order valence-corrected chi connectivity index (χ3v) is 3.10. The topological polar surface area (TPSA) is 61.9 Å². The molecule has 0 spiro atoms. The summed E-state index contributed by atoms with van der Waals surface area (Å²) in [7, 11) is 3.31. The van der Waals surface area contributed by atoms with Crippen LogP contribution in [0, 0.1) is 0 Å². The lowest BCUT2D eigenvalue weighted by atomic mass is 10.1. The first kappa shape index (κ1) is 14.3. The Morgan fingerprint density at radius 1 is 1.20 bits per heavy atom. The lowest BCUT2D eigenvalue weighted by Gasteiger charge is -2.27. The van der Waals surface area contributed by atoms with E-state index in [-0.39, 0.29) is 11.9 Å². The molecule has 6 heteroatoms. The van der Waals surface area contributed by atoms with Crippen molar-refractivity contribution < 1.29 is 14.3 Å². The van der Waals surface area contributed by atoms with Gasteiger partial charge in [0.15, 0.2) is 0 Å². The van der Waals surface area contributed by atoms with Crippen LogP contribution < -0.4 is 5.32 Å². The van der Waals surface area contributed by atoms with Crippen molar-refractivity contribution in [2.24, 2.45) is 0 Å². The predicted molar refractivity (Wildman–Crippen MR) is 75.9 cm³/mol. The van der Waals surface area contributed by atoms with Crippen LogP contribution in [-0.4, -0.2) is 62.1 Å². The van der Waals surface area contributed by atoms with Crippen molar-refractivity contribution in [3.8, 4) is 0 Å². The Labute approximate surface area is 118 Å². The van der Waals surface area contributed by atoms with E-state index in [1.54, 1.807) is 43.3 Å². The highest BCUT2D eigenvalue weighted by Gasteiger charge is 2.21. The highest BCUT2D eigenvalue weighted by Crippen LogP contribution is 2.18. The van der Waals surface area contributed by atoms with Gasteiger partial charge in [0.2, 0.25) is 0 Å². The molecule has 1 aromatic carbocycles. The van der Waals surface area contributed by atoms with Gasteiger partial charge in [0, 0.05) is 27.2 Å². The number of hydrogen-bond acceptors (Lipinski definition) is 3. The van der Waals surface area contributed by atoms with Crippen LogP contribution in [0.5, 0.6) is 0 Å². The smallest absolute Gasteiger partial charge is 0.321 e. The van der Waals surface area contributed by atoms with Crippen LogP contribution in [0.3, 0.4) is 0 Å². The molecule has 0 aromatic heterocycles. The molecular weight excluding hydrogens is 258 g/mol. The lowest BCUT2D eigenvalue weighted by Crippen LogP contribution is -2.41. The number of morpholine rings is 1. The van der Waals surface area contributed by atoms with Gasteiger partial charge in [-0.25, -0.2) is 4.79 Å². The molecule has 1 aromatic rings. The van der Waals surface area contributed by atoms with E-state index in [4.69, 9.17) is 4.74 Å². The molecule has 6 nitrogen and oxygen atoms in total. The van der Waals surface area contributed by atoms with Crippen LogP contribution in [0.1, 0.15) is 10.4 Å². The maximum Gasteiger partial charge on any atom is 0.321 e. The van der Waals surface area contributed by atoms with Crippen LogP contribution in [0.2, 0.25) is 0 Å². The summed E-state index contributed by atoms with van der Waals surface area (Å²) in [5.74, 6) is -0.0806. The Morgan fingerprint density at radius 2 is 1.85 bits per heavy atom. The van der Waals surface area contributed by atoms with E-state index < -0.39 is 0 Å². The molecule has 1 N–H and O–H groups in total. The van der Waals surface area contributed by atoms with Crippen LogP contribution in [0.4, 0.5) is 10.5 Å². The fraction of sp³-hybridized carbons (Fsp3) is 0.429. The van der Waals surface area contributed by atoms with Crippen molar-refractivity contribution in [3.63, 3.8) is 0 Å². The standard InChI is InChI=1S/C14H19N3O3/c1-16(2)14(19)15-12-6-4-3-5-11(12)13(18)17-7-9-20-10-8-17/h3-6H,7-10H2,1-2H3,(H,15,19). The number of urea groups is 1. The monoisotopic (exact) mass is 277 g/mol. The Kier molecular flexibility index (Phi) is 4.57. The highest BCUT2D eigenvalue weighted by molar-refractivity contribution is 6.03. The molecule has 0 aliphatic carbocycles. The summed E-state index contributed by atoms with van der Waals surface area (Å²) in [6.07, 6.45) is 0. The number of carbonyl (C=O) groups excluding carboxylic acids is 2. The van der Waals surface area contributed by atoms with Crippen LogP contribution in [-0.2, 0) is 4.74 Å². The number of rotatable bonds is 2. The van der Waals surface area contributed by atoms with Gasteiger partial charge in [-0.1, -0.05) is 12.1 Å². The van der Waals surface area contributed by atoms with Crippen LogP contribution in [0.15, 0.2) is 24.3 Å². The molecule has 2 rings (SSSR count). The third-order valence-electron chi connectivity index (χ3n) is 3.10. The average Bonchev–Trinajstić information content (AvgIpc) is 2.48. The molecule has 0 unspecified atom stereocenters. The Morgan fingerprint density at radius 3 is 2.50 bits per heavy atom. The van der Waals surface area contributed by atoms with E-state index in [0.29, 0.717) is 37.6 Å². The fourth-order valence-electron chi connectivity index (χ4n) is 1.94. The van der Waals surface area contributed by atoms with Crippen molar-refractivity contribution >= 4 is 17.6 Å². The van der Waals surface area contributed by atoms with Crippen molar-refractivity contribution in [3.05, 3.63) is 29.8 Å². The molecule has 0 radical (unpaired) electrons. The van der Waals surface area contributed by atoms with Gasteiger partial charge in [0.25, 0.3) is 5.91 Å². The van der Waals surface area contributed by atoms with Crippen LogP contribution in [0.25, 0.3) is 0 Å². The fourth-order valence-corrected chi connectivity index (χ4v) is 1.94. The third kappa shape index (κ3) is 3.27. The molecule has 3 amide bonds. The van der Waals surface area contributed by atoms with Crippen molar-refractivity contribution in [1.82, 2.24) is 9.80 Å². The molecule has 108 valence electrons. The Balaban J connectivity index is 2.18. The first-order valence-corrected chi connectivity index (χ1v) is 6.54. The second-order valence-corrected chi connectivity index (χ2v) is 4.77. The van der Waals surface area contributed by atoms with Gasteiger partial charge < -0.3 is 19.9 Å². The second-order valence-electron chi connectivity index (χ2n) is 4.77. The Hall–Kier alpha value is -2.08. The van der Waals surface area contributed by atoms with Crippen molar-refractivity contribution in [2.75, 3.05) is 45.7 Å². The molecule has 0 atom stereocenters. The second kappa shape index (κ2) is 6.38. The van der Waals surface area contributed by atoms with E-state index >= 15 is 0 Å². The molecular formula is C14H19N3O3. The minimum atomic E-state index is -0.257. The summed E-state index contributed by atoms with van der Waals surface area (Å²) in [6.45, 7) is 2.26. The van der Waals surface area contributed by atoms with Gasteiger partial charge >= 0.3 is 6.03 Å². The summed E-state index contributed by atoms with van der Waals surface area (Å²) in [4.78, 5) is 27.4. The number of anilines is 1. The molecule has 0 saturated carbocycles. The van der Waals surface area contributed by atoms with Gasteiger partial charge in [-0.2, -0.15) is 0 Å². The van der Waals surface area contributed by atoms with E-state index in [9.17, 15) is 9.59 Å². The maximum absolute atomic E-state index is 12.5. The molecule has 1 fully saturated rings. The normalized spacial score (nSPS) is 14.8. The minimum Gasteiger partial charge on any atom is -0.378 e. The number of nitrogens with one attached hydrogen (secondary N) is 1. The number of benzene rings is 1. The zero-order chi connectivity index (χ0) is 14.5. The first-order chi connectivity index (χ1) is 9.59. The van der Waals surface area contributed by atoms with E-state index in [2.05, 4.69) is 5.32 Å². The highest BCUT2D eigenvalue weighted by atomic mass is 16.5. The predicted octanol–water partition coefficient (Wildman–Crippen LogP) is 1.25. The summed E-state index contributed by atoms with van der Waals surface area (Å²) in [5, 5.41) is 2.74. The van der Waals surface area contributed by atoms with Crippen LogP contribution >= 0.6 is 0 Å². The van der Waals surface area contributed by atoms with E-state index in [0.717, 1.165) is 0 Å². The molecule has 1 aliphatic heterocycles. The van der Waals surface area contributed by atoms with E-state index in [1.807, 2.05) is 0 Å². The number of para-hydroxylation sites is 1. The summed E-state index contributed by atoms with van der Waals surface area (Å²) < 4.78 is 5.24. The number of carbonyl (C=O) groups is 2. The number of amides is 3. The van der Waals surface area contributed by atoms with Crippen molar-refractivity contribution in [1.29, 1.82) is 0 Å². The molecule has 1 aliphatic rings. The van der Waals surface area contributed by atoms with Gasteiger partial charge in [0.05, 0.1) is 24.5 Å². The largest absolute Gasteiger partial charge is 0.378 e. The van der Waals surface area contributed by atoms with Gasteiger partial charge in [-0.15, -0.1) is 0 Å². The number of nitrogens with zero attached hydrogens (tertiary/aromatic N) is 2. The number of hydrogen-bond donors (Lipinski definition) is 1. The Bertz CT molecular complexity index is 496. The van der Waals surface area contributed by atoms with Gasteiger partial charge in [0.1, 0.15) is 0 Å². The van der Waals surface area contributed by atoms with E-state index in [1.165, 1.54) is 4.90 Å². The average molecular weight is 277 g/mol. The summed E-state index contributed by atoms with van der Waals surface area (Å²) >= 11 is 0. The van der Waals surface area contributed by atoms with Gasteiger partial charge in [-0.3, -0.25) is 4.79 Å². The first-order valence-electron chi connectivity index (χ1n) is 6.54. The molecule has 20 heavy (non-hydrogen) atoms. The summed E-state index contributed by atoms with van der Waals surface area (Å²) in [5.41, 5.74) is 1.03. The zero-order valence-electron chi connectivity index (χ0n) is 11.8. The molecule has 1 saturated heterocycles. The molecule has 0 bridgehead atoms. The maximum atomic E-state index is 12.5. The summed E-state index contributed by atoms with van der Waals surface area (Å²) in [6, 6.07) is 6.78.